The second-order valence-electron chi connectivity index (χ2n) is 4.87. The second-order valence-corrected chi connectivity index (χ2v) is 5.28. The highest BCUT2D eigenvalue weighted by Crippen LogP contribution is 2.17. The molecule has 0 aromatic heterocycles. The van der Waals surface area contributed by atoms with Crippen molar-refractivity contribution in [2.75, 3.05) is 13.1 Å². The van der Waals surface area contributed by atoms with E-state index in [9.17, 15) is 9.59 Å². The molecule has 2 rings (SSSR count). The van der Waals surface area contributed by atoms with Gasteiger partial charge in [0.15, 0.2) is 0 Å². The van der Waals surface area contributed by atoms with E-state index < -0.39 is 11.9 Å². The monoisotopic (exact) mass is 296 g/mol. The topological polar surface area (TPSA) is 69.6 Å². The molecule has 1 aromatic carbocycles. The molecule has 2 N–H and O–H groups in total. The highest BCUT2D eigenvalue weighted by molar-refractivity contribution is 6.31. The first-order valence-electron chi connectivity index (χ1n) is 6.57. The molecule has 2 amide bonds. The third kappa shape index (κ3) is 3.63. The van der Waals surface area contributed by atoms with Gasteiger partial charge in [-0.3, -0.25) is 4.79 Å². The Kier molecular flexibility index (Phi) is 4.84. The normalized spacial score (nSPS) is 18.6. The Morgan fingerprint density at radius 2 is 2.15 bits per heavy atom. The Hall–Kier alpha value is -1.75. The number of carboxylic acids is 1. The summed E-state index contributed by atoms with van der Waals surface area (Å²) >= 11 is 6.02. The van der Waals surface area contributed by atoms with Gasteiger partial charge < -0.3 is 15.3 Å². The minimum atomic E-state index is -0.839. The van der Waals surface area contributed by atoms with Gasteiger partial charge in [-0.1, -0.05) is 29.8 Å². The van der Waals surface area contributed by atoms with Crippen molar-refractivity contribution in [1.82, 2.24) is 10.2 Å². The van der Waals surface area contributed by atoms with Crippen LogP contribution in [0.25, 0.3) is 0 Å². The molecule has 0 bridgehead atoms. The van der Waals surface area contributed by atoms with E-state index in [0.717, 1.165) is 12.0 Å². The summed E-state index contributed by atoms with van der Waals surface area (Å²) in [5, 5.41) is 12.4. The molecule has 1 atom stereocenters. The number of aliphatic carboxylic acids is 1. The Labute approximate surface area is 122 Å². The van der Waals surface area contributed by atoms with Gasteiger partial charge in [0.2, 0.25) is 0 Å². The van der Waals surface area contributed by atoms with Gasteiger partial charge in [-0.15, -0.1) is 0 Å². The molecule has 20 heavy (non-hydrogen) atoms. The van der Waals surface area contributed by atoms with E-state index in [1.807, 2.05) is 18.2 Å². The van der Waals surface area contributed by atoms with Crippen LogP contribution >= 0.6 is 11.6 Å². The lowest BCUT2D eigenvalue weighted by molar-refractivity contribution is -0.143. The van der Waals surface area contributed by atoms with E-state index in [2.05, 4.69) is 5.32 Å². The van der Waals surface area contributed by atoms with Crippen LogP contribution in [0.15, 0.2) is 24.3 Å². The molecule has 0 saturated carbocycles. The van der Waals surface area contributed by atoms with E-state index in [1.54, 1.807) is 11.0 Å². The van der Waals surface area contributed by atoms with Crippen LogP contribution in [0.3, 0.4) is 0 Å². The van der Waals surface area contributed by atoms with Crippen molar-refractivity contribution in [2.45, 2.75) is 19.4 Å². The van der Waals surface area contributed by atoms with Crippen LogP contribution in [0.5, 0.6) is 0 Å². The maximum Gasteiger partial charge on any atom is 0.317 e. The van der Waals surface area contributed by atoms with Gasteiger partial charge in [0.25, 0.3) is 0 Å². The number of halogens is 1. The summed E-state index contributed by atoms with van der Waals surface area (Å²) in [4.78, 5) is 24.6. The predicted molar refractivity (Wildman–Crippen MR) is 75.6 cm³/mol. The standard InChI is InChI=1S/C14H17ClN2O3/c15-12-6-2-1-4-10(12)8-16-14(20)17-7-3-5-11(9-17)13(18)19/h1-2,4,6,11H,3,5,7-9H2,(H,16,20)(H,18,19)/t11-/m0/s1. The van der Waals surface area contributed by atoms with Gasteiger partial charge in [0.1, 0.15) is 0 Å². The fraction of sp³-hybridized carbons (Fsp3) is 0.429. The lowest BCUT2D eigenvalue weighted by atomic mass is 9.99. The summed E-state index contributed by atoms with van der Waals surface area (Å²) in [6.07, 6.45) is 1.35. The van der Waals surface area contributed by atoms with Crippen LogP contribution in [-0.2, 0) is 11.3 Å². The molecule has 0 spiro atoms. The largest absolute Gasteiger partial charge is 0.481 e. The number of hydrogen-bond acceptors (Lipinski definition) is 2. The highest BCUT2D eigenvalue weighted by Gasteiger charge is 2.27. The molecule has 1 fully saturated rings. The maximum atomic E-state index is 12.0. The lowest BCUT2D eigenvalue weighted by Crippen LogP contribution is -2.46. The van der Waals surface area contributed by atoms with E-state index in [0.29, 0.717) is 24.5 Å². The van der Waals surface area contributed by atoms with Crippen LogP contribution in [-0.4, -0.2) is 35.1 Å². The number of hydrogen-bond donors (Lipinski definition) is 2. The van der Waals surface area contributed by atoms with E-state index in [1.165, 1.54) is 0 Å². The van der Waals surface area contributed by atoms with E-state index in [-0.39, 0.29) is 12.6 Å². The molecule has 0 radical (unpaired) electrons. The van der Waals surface area contributed by atoms with Crippen molar-refractivity contribution in [3.8, 4) is 0 Å². The smallest absolute Gasteiger partial charge is 0.317 e. The van der Waals surface area contributed by atoms with Crippen LogP contribution in [0.1, 0.15) is 18.4 Å². The Morgan fingerprint density at radius 1 is 1.40 bits per heavy atom. The van der Waals surface area contributed by atoms with Gasteiger partial charge in [-0.05, 0) is 24.5 Å². The van der Waals surface area contributed by atoms with Gasteiger partial charge in [0.05, 0.1) is 5.92 Å². The molecular formula is C14H17ClN2O3. The zero-order chi connectivity index (χ0) is 14.5. The maximum absolute atomic E-state index is 12.0. The predicted octanol–water partition coefficient (Wildman–Crippen LogP) is 2.35. The van der Waals surface area contributed by atoms with Crippen LogP contribution < -0.4 is 5.32 Å². The van der Waals surface area contributed by atoms with Crippen LogP contribution in [0, 0.1) is 5.92 Å². The number of carbonyl (C=O) groups is 2. The molecular weight excluding hydrogens is 280 g/mol. The summed E-state index contributed by atoms with van der Waals surface area (Å²) in [6, 6.07) is 7.06. The number of rotatable bonds is 3. The number of urea groups is 1. The number of carbonyl (C=O) groups excluding carboxylic acids is 1. The van der Waals surface area contributed by atoms with Crippen molar-refractivity contribution in [2.24, 2.45) is 5.92 Å². The number of amides is 2. The zero-order valence-electron chi connectivity index (χ0n) is 11.0. The number of nitrogens with one attached hydrogen (secondary N) is 1. The minimum absolute atomic E-state index is 0.240. The first-order chi connectivity index (χ1) is 9.58. The second kappa shape index (κ2) is 6.61. The summed E-state index contributed by atoms with van der Waals surface area (Å²) in [5.41, 5.74) is 0.842. The van der Waals surface area contributed by atoms with Crippen molar-refractivity contribution in [3.05, 3.63) is 34.9 Å². The number of nitrogens with zero attached hydrogens (tertiary/aromatic N) is 1. The molecule has 1 aromatic rings. The summed E-state index contributed by atoms with van der Waals surface area (Å²) < 4.78 is 0. The van der Waals surface area contributed by atoms with E-state index >= 15 is 0 Å². The number of piperidine rings is 1. The fourth-order valence-electron chi connectivity index (χ4n) is 2.29. The quantitative estimate of drug-likeness (QED) is 0.899. The van der Waals surface area contributed by atoms with Crippen LogP contribution in [0.2, 0.25) is 5.02 Å². The SMILES string of the molecule is O=C(O)[C@H]1CCCN(C(=O)NCc2ccccc2Cl)C1. The van der Waals surface area contributed by atoms with E-state index in [4.69, 9.17) is 16.7 Å². The van der Waals surface area contributed by atoms with Crippen molar-refractivity contribution in [1.29, 1.82) is 0 Å². The molecule has 108 valence electrons. The van der Waals surface area contributed by atoms with Gasteiger partial charge in [-0.2, -0.15) is 0 Å². The molecule has 1 aliphatic rings. The summed E-state index contributed by atoms with van der Waals surface area (Å²) in [7, 11) is 0. The summed E-state index contributed by atoms with van der Waals surface area (Å²) in [6.45, 7) is 1.20. The Bertz CT molecular complexity index is 507. The molecule has 0 aliphatic carbocycles. The van der Waals surface area contributed by atoms with Gasteiger partial charge in [-0.25, -0.2) is 4.79 Å². The highest BCUT2D eigenvalue weighted by atomic mass is 35.5. The molecule has 1 heterocycles. The molecule has 1 saturated heterocycles. The van der Waals surface area contributed by atoms with Gasteiger partial charge >= 0.3 is 12.0 Å². The number of benzene rings is 1. The molecule has 6 heteroatoms. The van der Waals surface area contributed by atoms with Crippen molar-refractivity contribution in [3.63, 3.8) is 0 Å². The third-order valence-corrected chi connectivity index (χ3v) is 3.81. The first-order valence-corrected chi connectivity index (χ1v) is 6.94. The molecule has 1 aliphatic heterocycles. The van der Waals surface area contributed by atoms with Crippen molar-refractivity contribution >= 4 is 23.6 Å². The molecule has 0 unspecified atom stereocenters. The number of likely N-dealkylation sites (tertiary alicyclic amines) is 1. The third-order valence-electron chi connectivity index (χ3n) is 3.45. The average molecular weight is 297 g/mol. The fourth-order valence-corrected chi connectivity index (χ4v) is 2.49. The Balaban J connectivity index is 1.89. The lowest BCUT2D eigenvalue weighted by Gasteiger charge is -2.30. The molecule has 5 nitrogen and oxygen atoms in total. The first kappa shape index (κ1) is 14.7. The van der Waals surface area contributed by atoms with Gasteiger partial charge in [0, 0.05) is 24.7 Å². The van der Waals surface area contributed by atoms with Crippen LogP contribution in [0.4, 0.5) is 4.79 Å². The number of carboxylic acid groups (broad SMARTS) is 1. The Morgan fingerprint density at radius 3 is 2.85 bits per heavy atom. The zero-order valence-corrected chi connectivity index (χ0v) is 11.8. The summed E-state index contributed by atoms with van der Waals surface area (Å²) in [5.74, 6) is -1.30. The average Bonchev–Trinajstić information content (AvgIpc) is 2.46. The van der Waals surface area contributed by atoms with Crippen molar-refractivity contribution < 1.29 is 14.7 Å². The minimum Gasteiger partial charge on any atom is -0.481 e.